The van der Waals surface area contributed by atoms with Gasteiger partial charge in [-0.1, -0.05) is 96.8 Å². The Labute approximate surface area is 202 Å². The van der Waals surface area contributed by atoms with E-state index in [-0.39, 0.29) is 19.5 Å². The van der Waals surface area contributed by atoms with Crippen molar-refractivity contribution in [1.29, 1.82) is 0 Å². The van der Waals surface area contributed by atoms with Crippen LogP contribution in [0.3, 0.4) is 0 Å². The van der Waals surface area contributed by atoms with Crippen LogP contribution in [0.25, 0.3) is 0 Å². The third-order valence-electron chi connectivity index (χ3n) is 4.94. The fourth-order valence-corrected chi connectivity index (χ4v) is 3.51. The zero-order chi connectivity index (χ0) is 22.2. The third-order valence-corrected chi connectivity index (χ3v) is 5.59. The number of carboxylic acid groups (broad SMARTS) is 2. The van der Waals surface area contributed by atoms with Gasteiger partial charge in [0.1, 0.15) is 6.04 Å². The summed E-state index contributed by atoms with van der Waals surface area (Å²) in [5.41, 5.74) is 5.19. The molecule has 0 aliphatic carbocycles. The Hall–Kier alpha value is -0.127. The van der Waals surface area contributed by atoms with Crippen molar-refractivity contribution in [2.45, 2.75) is 122 Å². The van der Waals surface area contributed by atoms with Gasteiger partial charge in [0.2, 0.25) is 0 Å². The van der Waals surface area contributed by atoms with Crippen LogP contribution in [-0.2, 0) is 29.1 Å². The largest absolute Gasteiger partial charge is 0.481 e. The number of nitrogens with two attached hydrogens (primary N) is 1. The van der Waals surface area contributed by atoms with Gasteiger partial charge in [0.25, 0.3) is 0 Å². The van der Waals surface area contributed by atoms with Crippen LogP contribution in [-0.4, -0.2) is 40.2 Å². The molecule has 0 aromatic heterocycles. The van der Waals surface area contributed by atoms with Crippen molar-refractivity contribution in [3.63, 3.8) is 0 Å². The molecule has 0 amide bonds. The van der Waals surface area contributed by atoms with E-state index in [2.05, 4.69) is 6.92 Å². The molecular formula is C23H47NO4SZn. The number of thioether (sulfide) groups is 1. The van der Waals surface area contributed by atoms with Gasteiger partial charge in [-0.2, -0.15) is 11.8 Å². The third kappa shape index (κ3) is 32.5. The zero-order valence-electron chi connectivity index (χ0n) is 19.7. The van der Waals surface area contributed by atoms with Crippen molar-refractivity contribution in [3.8, 4) is 0 Å². The monoisotopic (exact) mass is 497 g/mol. The number of carboxylic acids is 2. The van der Waals surface area contributed by atoms with Crippen LogP contribution in [0, 0.1) is 0 Å². The molecule has 0 aliphatic rings. The molecule has 0 fully saturated rings. The summed E-state index contributed by atoms with van der Waals surface area (Å²) in [7, 11) is 0. The van der Waals surface area contributed by atoms with Gasteiger partial charge in [-0.3, -0.25) is 9.59 Å². The van der Waals surface area contributed by atoms with Crippen molar-refractivity contribution in [1.82, 2.24) is 0 Å². The predicted octanol–water partition coefficient (Wildman–Crippen LogP) is 6.48. The molecule has 30 heavy (non-hydrogen) atoms. The first-order valence-electron chi connectivity index (χ1n) is 11.6. The number of hydrogen-bond acceptors (Lipinski definition) is 4. The molecule has 0 radical (unpaired) electrons. The van der Waals surface area contributed by atoms with E-state index in [1.807, 2.05) is 6.26 Å². The van der Waals surface area contributed by atoms with Gasteiger partial charge in [0.05, 0.1) is 0 Å². The van der Waals surface area contributed by atoms with Crippen LogP contribution in [0.1, 0.15) is 116 Å². The van der Waals surface area contributed by atoms with Crippen molar-refractivity contribution in [2.75, 3.05) is 12.0 Å². The fourth-order valence-electron chi connectivity index (χ4n) is 3.02. The van der Waals surface area contributed by atoms with E-state index in [1.54, 1.807) is 11.8 Å². The molecule has 0 spiro atoms. The molecule has 1 atom stereocenters. The molecule has 0 saturated carbocycles. The van der Waals surface area contributed by atoms with Crippen molar-refractivity contribution in [2.24, 2.45) is 5.73 Å². The minimum atomic E-state index is -0.913. The van der Waals surface area contributed by atoms with Crippen LogP contribution in [0.5, 0.6) is 0 Å². The number of rotatable bonds is 20. The Balaban J connectivity index is -0.000000616. The first kappa shape index (κ1) is 34.5. The Bertz CT molecular complexity index is 373. The number of unbranched alkanes of at least 4 members (excludes halogenated alkanes) is 14. The number of carbonyl (C=O) groups is 2. The summed E-state index contributed by atoms with van der Waals surface area (Å²) in [5, 5.41) is 16.8. The van der Waals surface area contributed by atoms with E-state index in [1.165, 1.54) is 83.5 Å². The van der Waals surface area contributed by atoms with Crippen LogP contribution in [0.2, 0.25) is 0 Å². The average molecular weight is 499 g/mol. The van der Waals surface area contributed by atoms with Gasteiger partial charge in [-0.05, 0) is 24.9 Å². The van der Waals surface area contributed by atoms with E-state index in [0.29, 0.717) is 12.8 Å². The number of hydrogen-bond donors (Lipinski definition) is 3. The zero-order valence-corrected chi connectivity index (χ0v) is 23.5. The van der Waals surface area contributed by atoms with Crippen LogP contribution in [0.4, 0.5) is 0 Å². The average Bonchev–Trinajstić information content (AvgIpc) is 2.69. The summed E-state index contributed by atoms with van der Waals surface area (Å²) in [6.07, 6.45) is 22.7. The van der Waals surface area contributed by atoms with Crippen LogP contribution < -0.4 is 5.73 Å². The second-order valence-electron chi connectivity index (χ2n) is 7.82. The van der Waals surface area contributed by atoms with Crippen molar-refractivity contribution in [3.05, 3.63) is 0 Å². The van der Waals surface area contributed by atoms with Gasteiger partial charge in [-0.25, -0.2) is 0 Å². The first-order valence-corrected chi connectivity index (χ1v) is 13.0. The molecule has 0 aromatic rings. The molecule has 7 heteroatoms. The Morgan fingerprint density at radius 2 is 1.13 bits per heavy atom. The molecule has 0 saturated heterocycles. The van der Waals surface area contributed by atoms with Crippen LogP contribution >= 0.6 is 11.8 Å². The standard InChI is InChI=1S/C18H36O2.C5H11NO2S.Zn/c1-2-3-4-5-6-7-8-9-10-11-12-13-14-15-16-17-18(19)20;1-9-3-2-4(6)5(7)8;/h2-17H2,1H3,(H,19,20);4H,2-3,6H2,1H3,(H,7,8);. The Kier molecular flexibility index (Phi) is 33.2. The predicted molar refractivity (Wildman–Crippen MR) is 126 cm³/mol. The molecule has 4 N–H and O–H groups in total. The summed E-state index contributed by atoms with van der Waals surface area (Å²) in [6.45, 7) is 2.27. The molecular weight excluding hydrogens is 452 g/mol. The minimum absolute atomic E-state index is 0. The quantitative estimate of drug-likeness (QED) is 0.131. The van der Waals surface area contributed by atoms with E-state index < -0.39 is 18.0 Å². The van der Waals surface area contributed by atoms with Gasteiger partial charge in [0, 0.05) is 25.9 Å². The van der Waals surface area contributed by atoms with E-state index >= 15 is 0 Å². The van der Waals surface area contributed by atoms with Gasteiger partial charge >= 0.3 is 11.9 Å². The molecule has 0 bridgehead atoms. The van der Waals surface area contributed by atoms with Gasteiger partial charge in [0.15, 0.2) is 0 Å². The Morgan fingerprint density at radius 1 is 0.767 bits per heavy atom. The first-order chi connectivity index (χ1) is 14.0. The summed E-state index contributed by atoms with van der Waals surface area (Å²) in [6, 6.07) is -0.683. The second-order valence-corrected chi connectivity index (χ2v) is 8.81. The second kappa shape index (κ2) is 28.9. The fraction of sp³-hybridized carbons (Fsp3) is 0.913. The normalized spacial score (nSPS) is 11.2. The molecule has 5 nitrogen and oxygen atoms in total. The van der Waals surface area contributed by atoms with E-state index in [4.69, 9.17) is 15.9 Å². The van der Waals surface area contributed by atoms with Crippen molar-refractivity contribution >= 4 is 23.7 Å². The minimum Gasteiger partial charge on any atom is -0.481 e. The summed E-state index contributed by atoms with van der Waals surface area (Å²) < 4.78 is 0. The summed E-state index contributed by atoms with van der Waals surface area (Å²) in [4.78, 5) is 20.4. The maximum absolute atomic E-state index is 10.3. The SMILES string of the molecule is CCCCCCCCCCCCCCCCCC(=O)O.CSCCC(N)C(=O)O.[Zn]. The molecule has 1 unspecified atom stereocenters. The maximum atomic E-state index is 10.3. The molecule has 0 heterocycles. The summed E-state index contributed by atoms with van der Waals surface area (Å²) in [5.74, 6) is -0.753. The molecule has 0 rings (SSSR count). The molecule has 0 aliphatic heterocycles. The van der Waals surface area contributed by atoms with Crippen molar-refractivity contribution < 1.29 is 39.3 Å². The molecule has 0 aromatic carbocycles. The van der Waals surface area contributed by atoms with Gasteiger partial charge < -0.3 is 15.9 Å². The molecule has 176 valence electrons. The van der Waals surface area contributed by atoms with Crippen LogP contribution in [0.15, 0.2) is 0 Å². The topological polar surface area (TPSA) is 101 Å². The smallest absolute Gasteiger partial charge is 0.320 e. The Morgan fingerprint density at radius 3 is 1.43 bits per heavy atom. The van der Waals surface area contributed by atoms with E-state index in [9.17, 15) is 9.59 Å². The van der Waals surface area contributed by atoms with E-state index in [0.717, 1.165) is 18.6 Å². The van der Waals surface area contributed by atoms with Gasteiger partial charge in [-0.15, -0.1) is 0 Å². The maximum Gasteiger partial charge on any atom is 0.320 e. The summed E-state index contributed by atoms with van der Waals surface area (Å²) >= 11 is 1.60. The number of aliphatic carboxylic acids is 2.